The van der Waals surface area contributed by atoms with Crippen LogP contribution in [0.15, 0.2) is 97.1 Å². The summed E-state index contributed by atoms with van der Waals surface area (Å²) >= 11 is 0. The molecule has 0 saturated carbocycles. The molecule has 0 bridgehead atoms. The third-order valence-corrected chi connectivity index (χ3v) is 4.68. The summed E-state index contributed by atoms with van der Waals surface area (Å²) in [5, 5.41) is 7.34. The number of ether oxygens (including phenoxy) is 1. The molecule has 1 N–H and O–H groups in total. The second kappa shape index (κ2) is 9.09. The van der Waals surface area contributed by atoms with E-state index in [-0.39, 0.29) is 5.69 Å². The van der Waals surface area contributed by atoms with Crippen molar-refractivity contribution in [1.29, 1.82) is 0 Å². The molecule has 1 aromatic heterocycles. The van der Waals surface area contributed by atoms with Crippen LogP contribution in [-0.2, 0) is 9.53 Å². The van der Waals surface area contributed by atoms with Crippen molar-refractivity contribution in [3.63, 3.8) is 0 Å². The molecule has 3 aromatic carbocycles. The number of hydrogen-bond acceptors (Lipinski definition) is 4. The lowest BCUT2D eigenvalue weighted by molar-refractivity contribution is -0.123. The SMILES string of the molecule is C[C@@H](OC(=O)c1cc(-c2ccccc2)nn1-c1ccccc1)C(=O)Nc1ccccc1. The summed E-state index contributed by atoms with van der Waals surface area (Å²) in [6.45, 7) is 1.54. The van der Waals surface area contributed by atoms with E-state index in [1.807, 2.05) is 78.9 Å². The number of aromatic nitrogens is 2. The fraction of sp³-hybridized carbons (Fsp3) is 0.0800. The first-order valence-electron chi connectivity index (χ1n) is 9.89. The first-order chi connectivity index (χ1) is 15.1. The number of nitrogens with one attached hydrogen (secondary N) is 1. The van der Waals surface area contributed by atoms with Gasteiger partial charge in [-0.2, -0.15) is 5.10 Å². The smallest absolute Gasteiger partial charge is 0.357 e. The van der Waals surface area contributed by atoms with Crippen LogP contribution in [0, 0.1) is 0 Å². The van der Waals surface area contributed by atoms with Crippen molar-refractivity contribution >= 4 is 17.6 Å². The number of amides is 1. The molecule has 1 amide bonds. The van der Waals surface area contributed by atoms with Crippen molar-refractivity contribution in [2.45, 2.75) is 13.0 Å². The maximum Gasteiger partial charge on any atom is 0.357 e. The van der Waals surface area contributed by atoms with Crippen LogP contribution in [0.4, 0.5) is 5.69 Å². The second-order valence-electron chi connectivity index (χ2n) is 6.93. The van der Waals surface area contributed by atoms with Crippen LogP contribution < -0.4 is 5.32 Å². The van der Waals surface area contributed by atoms with Gasteiger partial charge in [-0.3, -0.25) is 4.79 Å². The Bertz CT molecular complexity index is 1170. The first kappa shape index (κ1) is 20.1. The molecule has 1 atom stereocenters. The Labute approximate surface area is 180 Å². The monoisotopic (exact) mass is 411 g/mol. The van der Waals surface area contributed by atoms with E-state index >= 15 is 0 Å². The van der Waals surface area contributed by atoms with Crippen LogP contribution in [-0.4, -0.2) is 27.8 Å². The van der Waals surface area contributed by atoms with Crippen molar-refractivity contribution in [3.8, 4) is 16.9 Å². The molecule has 0 aliphatic rings. The van der Waals surface area contributed by atoms with E-state index in [0.29, 0.717) is 11.4 Å². The molecule has 6 heteroatoms. The van der Waals surface area contributed by atoms with Crippen LogP contribution in [0.1, 0.15) is 17.4 Å². The maximum absolute atomic E-state index is 13.0. The molecule has 0 saturated heterocycles. The van der Waals surface area contributed by atoms with E-state index in [2.05, 4.69) is 10.4 Å². The molecule has 4 rings (SSSR count). The number of hydrogen-bond donors (Lipinski definition) is 1. The molecule has 0 aliphatic carbocycles. The zero-order valence-corrected chi connectivity index (χ0v) is 16.9. The van der Waals surface area contributed by atoms with Gasteiger partial charge in [0.1, 0.15) is 0 Å². The minimum Gasteiger partial charge on any atom is -0.448 e. The van der Waals surface area contributed by atoms with E-state index in [0.717, 1.165) is 11.3 Å². The lowest BCUT2D eigenvalue weighted by Gasteiger charge is -2.14. The third-order valence-electron chi connectivity index (χ3n) is 4.68. The summed E-state index contributed by atoms with van der Waals surface area (Å²) in [7, 11) is 0. The Kier molecular flexibility index (Phi) is 5.89. The topological polar surface area (TPSA) is 73.2 Å². The van der Waals surface area contributed by atoms with Gasteiger partial charge >= 0.3 is 5.97 Å². The summed E-state index contributed by atoms with van der Waals surface area (Å²) in [5.41, 5.74) is 3.11. The van der Waals surface area contributed by atoms with Crippen molar-refractivity contribution < 1.29 is 14.3 Å². The molecule has 0 radical (unpaired) electrons. The van der Waals surface area contributed by atoms with Crippen LogP contribution in [0.25, 0.3) is 16.9 Å². The summed E-state index contributed by atoms with van der Waals surface area (Å²) < 4.78 is 7.00. The molecule has 31 heavy (non-hydrogen) atoms. The van der Waals surface area contributed by atoms with E-state index in [4.69, 9.17) is 4.74 Å². The molecule has 0 fully saturated rings. The van der Waals surface area contributed by atoms with Gasteiger partial charge in [-0.15, -0.1) is 0 Å². The van der Waals surface area contributed by atoms with Gasteiger partial charge in [0.25, 0.3) is 5.91 Å². The van der Waals surface area contributed by atoms with Gasteiger partial charge in [0, 0.05) is 11.3 Å². The number of rotatable bonds is 6. The second-order valence-corrected chi connectivity index (χ2v) is 6.93. The molecular weight excluding hydrogens is 390 g/mol. The average molecular weight is 411 g/mol. The van der Waals surface area contributed by atoms with Crippen LogP contribution in [0.2, 0.25) is 0 Å². The van der Waals surface area contributed by atoms with Gasteiger partial charge in [-0.25, -0.2) is 9.48 Å². The molecule has 0 spiro atoms. The zero-order valence-electron chi connectivity index (χ0n) is 16.9. The van der Waals surface area contributed by atoms with Crippen molar-refractivity contribution in [3.05, 3.63) is 103 Å². The minimum atomic E-state index is -0.980. The lowest BCUT2D eigenvalue weighted by Crippen LogP contribution is -2.30. The summed E-state index contributed by atoms with van der Waals surface area (Å²) in [6.07, 6.45) is -0.980. The highest BCUT2D eigenvalue weighted by Crippen LogP contribution is 2.22. The first-order valence-corrected chi connectivity index (χ1v) is 9.89. The van der Waals surface area contributed by atoms with Crippen LogP contribution in [0.3, 0.4) is 0 Å². The number of benzene rings is 3. The van der Waals surface area contributed by atoms with E-state index in [9.17, 15) is 9.59 Å². The fourth-order valence-electron chi connectivity index (χ4n) is 3.08. The van der Waals surface area contributed by atoms with Gasteiger partial charge in [-0.05, 0) is 37.3 Å². The Morgan fingerprint density at radius 3 is 2.10 bits per heavy atom. The van der Waals surface area contributed by atoms with E-state index < -0.39 is 18.0 Å². The number of para-hydroxylation sites is 2. The molecule has 6 nitrogen and oxygen atoms in total. The number of carbonyl (C=O) groups is 2. The summed E-state index contributed by atoms with van der Waals surface area (Å²) in [5.74, 6) is -1.04. The average Bonchev–Trinajstić information content (AvgIpc) is 3.27. The van der Waals surface area contributed by atoms with Gasteiger partial charge in [0.05, 0.1) is 11.4 Å². The fourth-order valence-corrected chi connectivity index (χ4v) is 3.08. The third kappa shape index (κ3) is 4.70. The molecule has 0 aliphatic heterocycles. The maximum atomic E-state index is 13.0. The van der Waals surface area contributed by atoms with Gasteiger partial charge < -0.3 is 10.1 Å². The standard InChI is InChI=1S/C25H21N3O3/c1-18(24(29)26-20-13-7-3-8-14-20)31-25(30)23-17-22(19-11-5-2-6-12-19)27-28(23)21-15-9-4-10-16-21/h2-18H,1H3,(H,26,29)/t18-/m1/s1. The molecule has 4 aromatic rings. The Balaban J connectivity index is 1.59. The number of esters is 1. The highest BCUT2D eigenvalue weighted by atomic mass is 16.5. The molecule has 154 valence electrons. The van der Waals surface area contributed by atoms with Crippen molar-refractivity contribution in [2.24, 2.45) is 0 Å². The highest BCUT2D eigenvalue weighted by Gasteiger charge is 2.24. The van der Waals surface area contributed by atoms with Crippen molar-refractivity contribution in [2.75, 3.05) is 5.32 Å². The Morgan fingerprint density at radius 2 is 1.45 bits per heavy atom. The zero-order chi connectivity index (χ0) is 21.6. The molecule has 1 heterocycles. The predicted molar refractivity (Wildman–Crippen MR) is 119 cm³/mol. The van der Waals surface area contributed by atoms with Crippen molar-refractivity contribution in [1.82, 2.24) is 9.78 Å². The largest absolute Gasteiger partial charge is 0.448 e. The Hall–Kier alpha value is -4.19. The molecular formula is C25H21N3O3. The highest BCUT2D eigenvalue weighted by molar-refractivity contribution is 5.97. The predicted octanol–water partition coefficient (Wildman–Crippen LogP) is 4.72. The lowest BCUT2D eigenvalue weighted by atomic mass is 10.1. The van der Waals surface area contributed by atoms with Crippen LogP contribution >= 0.6 is 0 Å². The Morgan fingerprint density at radius 1 is 0.871 bits per heavy atom. The molecule has 0 unspecified atom stereocenters. The van der Waals surface area contributed by atoms with Gasteiger partial charge in [-0.1, -0.05) is 66.7 Å². The number of nitrogens with zero attached hydrogens (tertiary/aromatic N) is 2. The van der Waals surface area contributed by atoms with Gasteiger partial charge in [0.2, 0.25) is 0 Å². The van der Waals surface area contributed by atoms with E-state index in [1.165, 1.54) is 11.6 Å². The summed E-state index contributed by atoms with van der Waals surface area (Å²) in [6, 6.07) is 29.6. The van der Waals surface area contributed by atoms with E-state index in [1.54, 1.807) is 18.2 Å². The normalized spacial score (nSPS) is 11.5. The van der Waals surface area contributed by atoms with Gasteiger partial charge in [0.15, 0.2) is 11.8 Å². The summed E-state index contributed by atoms with van der Waals surface area (Å²) in [4.78, 5) is 25.4. The van der Waals surface area contributed by atoms with Crippen LogP contribution in [0.5, 0.6) is 0 Å². The minimum absolute atomic E-state index is 0.240. The quantitative estimate of drug-likeness (QED) is 0.466. The number of carbonyl (C=O) groups excluding carboxylic acids is 2. The number of anilines is 1.